The highest BCUT2D eigenvalue weighted by Gasteiger charge is 2.26. The minimum atomic E-state index is -0.184. The predicted octanol–water partition coefficient (Wildman–Crippen LogP) is 6.16. The second kappa shape index (κ2) is 9.16. The Kier molecular flexibility index (Phi) is 6.64. The smallest absolute Gasteiger partial charge is 0.233 e. The number of thiazole rings is 1. The van der Waals surface area contributed by atoms with Gasteiger partial charge in [0.05, 0.1) is 5.92 Å². The number of nitrogens with zero attached hydrogens (tertiary/aromatic N) is 1. The molecule has 140 valence electrons. The van der Waals surface area contributed by atoms with Crippen LogP contribution in [0.3, 0.4) is 0 Å². The van der Waals surface area contributed by atoms with E-state index in [-0.39, 0.29) is 17.7 Å². The average Bonchev–Trinajstić information content (AvgIpc) is 3.09. The Hall–Kier alpha value is -2.17. The first-order valence-corrected chi connectivity index (χ1v) is 10.3. The fraction of sp³-hybridized carbons (Fsp3) is 0.273. The predicted molar refractivity (Wildman–Crippen MR) is 114 cm³/mol. The first-order chi connectivity index (χ1) is 13.1. The largest absolute Gasteiger partial charge is 0.301 e. The molecule has 0 bridgehead atoms. The van der Waals surface area contributed by atoms with Crippen LogP contribution in [-0.4, -0.2) is 10.9 Å². The van der Waals surface area contributed by atoms with E-state index in [1.807, 2.05) is 60.8 Å². The van der Waals surface area contributed by atoms with E-state index in [4.69, 9.17) is 11.6 Å². The van der Waals surface area contributed by atoms with Gasteiger partial charge in [0.25, 0.3) is 0 Å². The monoisotopic (exact) mass is 398 g/mol. The summed E-state index contributed by atoms with van der Waals surface area (Å²) in [5.41, 5.74) is 2.17. The molecule has 0 aliphatic heterocycles. The molecule has 2 aromatic carbocycles. The molecular weight excluding hydrogens is 376 g/mol. The standard InChI is InChI=1S/C22H23ClN2OS/c1-3-15(2)20(17-9-5-4-6-10-17)21(26)25-22-24-14-19(27-22)13-16-8-7-11-18(23)12-16/h4-12,14-15,20H,3,13H2,1-2H3,(H,24,25,26). The molecular formula is C22H23ClN2OS. The summed E-state index contributed by atoms with van der Waals surface area (Å²) in [5.74, 6) is 0.0639. The number of halogens is 1. The van der Waals surface area contributed by atoms with Crippen LogP contribution in [0.4, 0.5) is 5.13 Å². The van der Waals surface area contributed by atoms with Gasteiger partial charge in [0, 0.05) is 22.5 Å². The molecule has 27 heavy (non-hydrogen) atoms. The maximum Gasteiger partial charge on any atom is 0.233 e. The Morgan fingerprint density at radius 2 is 1.96 bits per heavy atom. The number of aromatic nitrogens is 1. The third kappa shape index (κ3) is 5.18. The number of hydrogen-bond acceptors (Lipinski definition) is 3. The van der Waals surface area contributed by atoms with Gasteiger partial charge in [0.15, 0.2) is 5.13 Å². The molecule has 3 aromatic rings. The van der Waals surface area contributed by atoms with Crippen molar-refractivity contribution in [1.29, 1.82) is 0 Å². The fourth-order valence-electron chi connectivity index (χ4n) is 3.11. The highest BCUT2D eigenvalue weighted by atomic mass is 35.5. The van der Waals surface area contributed by atoms with Gasteiger partial charge in [-0.05, 0) is 29.2 Å². The van der Waals surface area contributed by atoms with Crippen molar-refractivity contribution < 1.29 is 4.79 Å². The van der Waals surface area contributed by atoms with E-state index >= 15 is 0 Å². The van der Waals surface area contributed by atoms with E-state index in [1.165, 1.54) is 11.3 Å². The fourth-order valence-corrected chi connectivity index (χ4v) is 4.18. The lowest BCUT2D eigenvalue weighted by atomic mass is 9.85. The van der Waals surface area contributed by atoms with Crippen LogP contribution < -0.4 is 5.32 Å². The van der Waals surface area contributed by atoms with Gasteiger partial charge in [-0.1, -0.05) is 74.3 Å². The quantitative estimate of drug-likeness (QED) is 0.518. The topological polar surface area (TPSA) is 42.0 Å². The highest BCUT2D eigenvalue weighted by Crippen LogP contribution is 2.30. The Morgan fingerprint density at radius 1 is 1.19 bits per heavy atom. The molecule has 2 atom stereocenters. The summed E-state index contributed by atoms with van der Waals surface area (Å²) in [5, 5.41) is 4.38. The van der Waals surface area contributed by atoms with Crippen LogP contribution in [0.5, 0.6) is 0 Å². The van der Waals surface area contributed by atoms with Crippen LogP contribution in [0.2, 0.25) is 5.02 Å². The number of benzene rings is 2. The molecule has 1 amide bonds. The van der Waals surface area contributed by atoms with Gasteiger partial charge < -0.3 is 5.32 Å². The zero-order chi connectivity index (χ0) is 19.2. The average molecular weight is 399 g/mol. The number of rotatable bonds is 7. The first kappa shape index (κ1) is 19.6. The number of hydrogen-bond donors (Lipinski definition) is 1. The van der Waals surface area contributed by atoms with Crippen molar-refractivity contribution in [1.82, 2.24) is 4.98 Å². The van der Waals surface area contributed by atoms with Gasteiger partial charge >= 0.3 is 0 Å². The Bertz CT molecular complexity index is 894. The molecule has 3 nitrogen and oxygen atoms in total. The lowest BCUT2D eigenvalue weighted by molar-refractivity contribution is -0.118. The zero-order valence-electron chi connectivity index (χ0n) is 15.5. The maximum absolute atomic E-state index is 13.0. The van der Waals surface area contributed by atoms with Crippen molar-refractivity contribution in [2.75, 3.05) is 5.32 Å². The van der Waals surface area contributed by atoms with Crippen LogP contribution in [0, 0.1) is 5.92 Å². The third-order valence-corrected chi connectivity index (χ3v) is 5.85. The van der Waals surface area contributed by atoms with E-state index in [2.05, 4.69) is 24.1 Å². The van der Waals surface area contributed by atoms with E-state index < -0.39 is 0 Å². The van der Waals surface area contributed by atoms with Crippen molar-refractivity contribution in [3.05, 3.63) is 81.8 Å². The first-order valence-electron chi connectivity index (χ1n) is 9.11. The SMILES string of the molecule is CCC(C)C(C(=O)Nc1ncc(Cc2cccc(Cl)c2)s1)c1ccccc1. The summed E-state index contributed by atoms with van der Waals surface area (Å²) >= 11 is 7.56. The Labute approximate surface area is 169 Å². The number of amides is 1. The maximum atomic E-state index is 13.0. The second-order valence-corrected chi connectivity index (χ2v) is 8.25. The third-order valence-electron chi connectivity index (χ3n) is 4.71. The molecule has 2 unspecified atom stereocenters. The van der Waals surface area contributed by atoms with Crippen LogP contribution in [0.25, 0.3) is 0 Å². The van der Waals surface area contributed by atoms with Gasteiger partial charge in [0.2, 0.25) is 5.91 Å². The molecule has 5 heteroatoms. The van der Waals surface area contributed by atoms with Gasteiger partial charge in [-0.2, -0.15) is 0 Å². The summed E-state index contributed by atoms with van der Waals surface area (Å²) in [6.07, 6.45) is 3.51. The van der Waals surface area contributed by atoms with Crippen molar-refractivity contribution in [2.45, 2.75) is 32.6 Å². The number of carbonyl (C=O) groups excluding carboxylic acids is 1. The molecule has 1 aromatic heterocycles. The van der Waals surface area contributed by atoms with E-state index in [9.17, 15) is 4.79 Å². The molecule has 0 aliphatic carbocycles. The Balaban J connectivity index is 1.72. The van der Waals surface area contributed by atoms with Gasteiger partial charge in [-0.25, -0.2) is 4.98 Å². The van der Waals surface area contributed by atoms with Crippen LogP contribution >= 0.6 is 22.9 Å². The lowest BCUT2D eigenvalue weighted by Crippen LogP contribution is -2.26. The lowest BCUT2D eigenvalue weighted by Gasteiger charge is -2.22. The molecule has 0 radical (unpaired) electrons. The van der Waals surface area contributed by atoms with Crippen LogP contribution in [-0.2, 0) is 11.2 Å². The molecule has 0 saturated heterocycles. The van der Waals surface area contributed by atoms with E-state index in [0.717, 1.165) is 33.9 Å². The molecule has 1 N–H and O–H groups in total. The summed E-state index contributed by atoms with van der Waals surface area (Å²) in [7, 11) is 0. The summed E-state index contributed by atoms with van der Waals surface area (Å²) in [6.45, 7) is 4.23. The highest BCUT2D eigenvalue weighted by molar-refractivity contribution is 7.15. The van der Waals surface area contributed by atoms with E-state index in [1.54, 1.807) is 0 Å². The number of anilines is 1. The van der Waals surface area contributed by atoms with Crippen LogP contribution in [0.15, 0.2) is 60.8 Å². The van der Waals surface area contributed by atoms with E-state index in [0.29, 0.717) is 5.13 Å². The Morgan fingerprint density at radius 3 is 2.67 bits per heavy atom. The second-order valence-electron chi connectivity index (χ2n) is 6.70. The van der Waals surface area contributed by atoms with Crippen molar-refractivity contribution >= 4 is 34.0 Å². The van der Waals surface area contributed by atoms with Gasteiger partial charge in [-0.15, -0.1) is 11.3 Å². The zero-order valence-corrected chi connectivity index (χ0v) is 17.1. The van der Waals surface area contributed by atoms with Crippen molar-refractivity contribution in [2.24, 2.45) is 5.92 Å². The van der Waals surface area contributed by atoms with Gasteiger partial charge in [0.1, 0.15) is 0 Å². The minimum absolute atomic E-state index is 0.000736. The van der Waals surface area contributed by atoms with Crippen molar-refractivity contribution in [3.63, 3.8) is 0 Å². The number of nitrogens with one attached hydrogen (secondary N) is 1. The molecule has 1 heterocycles. The summed E-state index contributed by atoms with van der Waals surface area (Å²) in [6, 6.07) is 17.8. The molecule has 0 aliphatic rings. The van der Waals surface area contributed by atoms with Crippen LogP contribution in [0.1, 0.15) is 42.2 Å². The number of carbonyl (C=O) groups is 1. The minimum Gasteiger partial charge on any atom is -0.301 e. The van der Waals surface area contributed by atoms with Gasteiger partial charge in [-0.3, -0.25) is 4.79 Å². The summed E-state index contributed by atoms with van der Waals surface area (Å²) < 4.78 is 0. The molecule has 0 fully saturated rings. The molecule has 3 rings (SSSR count). The summed E-state index contributed by atoms with van der Waals surface area (Å²) in [4.78, 5) is 18.4. The molecule has 0 spiro atoms. The normalized spacial score (nSPS) is 13.1. The van der Waals surface area contributed by atoms with Crippen molar-refractivity contribution in [3.8, 4) is 0 Å². The molecule has 0 saturated carbocycles.